The van der Waals surface area contributed by atoms with Crippen molar-refractivity contribution in [3.05, 3.63) is 45.5 Å². The number of rotatable bonds is 2. The molecule has 0 radical (unpaired) electrons. The van der Waals surface area contributed by atoms with Crippen LogP contribution in [-0.4, -0.2) is 5.78 Å². The largest absolute Gasteiger partial charge is 0.461 e. The second-order valence-corrected chi connectivity index (χ2v) is 4.11. The number of hydrogen-bond donors (Lipinski definition) is 0. The minimum Gasteiger partial charge on any atom is -0.461 e. The minimum absolute atomic E-state index is 0.0139. The Morgan fingerprint density at radius 1 is 1.29 bits per heavy atom. The number of carbonyl (C=O) groups is 1. The lowest BCUT2D eigenvalue weighted by atomic mass is 10.1. The van der Waals surface area contributed by atoms with Gasteiger partial charge in [0.2, 0.25) is 5.78 Å². The van der Waals surface area contributed by atoms with Gasteiger partial charge in [0.1, 0.15) is 0 Å². The molecular weight excluding hydrogens is 196 g/mol. The Balaban J connectivity index is 2.44. The normalized spacial score (nSPS) is 10.4. The monoisotopic (exact) mass is 206 g/mol. The fourth-order valence-corrected chi connectivity index (χ4v) is 2.18. The quantitative estimate of drug-likeness (QED) is 0.706. The molecule has 2 heterocycles. The zero-order valence-electron chi connectivity index (χ0n) is 8.03. The zero-order valence-corrected chi connectivity index (χ0v) is 8.85. The van der Waals surface area contributed by atoms with Gasteiger partial charge in [-0.1, -0.05) is 0 Å². The Morgan fingerprint density at radius 3 is 2.57 bits per heavy atom. The zero-order chi connectivity index (χ0) is 10.1. The average Bonchev–Trinajstić information content (AvgIpc) is 2.73. The van der Waals surface area contributed by atoms with Crippen molar-refractivity contribution in [2.75, 3.05) is 0 Å². The molecule has 0 atom stereocenters. The molecule has 0 saturated carbocycles. The molecule has 2 aromatic rings. The molecule has 72 valence electrons. The van der Waals surface area contributed by atoms with E-state index in [4.69, 9.17) is 4.42 Å². The van der Waals surface area contributed by atoms with Crippen LogP contribution in [0.1, 0.15) is 26.6 Å². The lowest BCUT2D eigenvalue weighted by Gasteiger charge is -1.96. The first-order chi connectivity index (χ1) is 6.70. The summed E-state index contributed by atoms with van der Waals surface area (Å²) in [5.74, 6) is 0.440. The molecule has 0 unspecified atom stereocenters. The van der Waals surface area contributed by atoms with Crippen molar-refractivity contribution in [2.45, 2.75) is 13.8 Å². The van der Waals surface area contributed by atoms with Crippen molar-refractivity contribution in [2.24, 2.45) is 0 Å². The molecule has 3 heteroatoms. The average molecular weight is 206 g/mol. The van der Waals surface area contributed by atoms with Gasteiger partial charge in [0.25, 0.3) is 0 Å². The molecule has 0 bridgehead atoms. The van der Waals surface area contributed by atoms with Gasteiger partial charge in [-0.25, -0.2) is 0 Å². The summed E-state index contributed by atoms with van der Waals surface area (Å²) in [6.07, 6.45) is 1.55. The van der Waals surface area contributed by atoms with Gasteiger partial charge in [-0.3, -0.25) is 4.79 Å². The molecule has 0 aliphatic heterocycles. The highest BCUT2D eigenvalue weighted by Gasteiger charge is 2.17. The third-order valence-corrected chi connectivity index (χ3v) is 3.15. The molecule has 0 spiro atoms. The first kappa shape index (κ1) is 9.21. The SMILES string of the molecule is Cc1ccoc1C(=O)c1sccc1C. The molecule has 2 rings (SSSR count). The van der Waals surface area contributed by atoms with E-state index in [0.717, 1.165) is 16.0 Å². The van der Waals surface area contributed by atoms with Crippen LogP contribution in [0.25, 0.3) is 0 Å². The number of ketones is 1. The molecule has 14 heavy (non-hydrogen) atoms. The fraction of sp³-hybridized carbons (Fsp3) is 0.182. The van der Waals surface area contributed by atoms with Gasteiger partial charge < -0.3 is 4.42 Å². The molecule has 2 aromatic heterocycles. The summed E-state index contributed by atoms with van der Waals surface area (Å²) in [5, 5.41) is 1.92. The summed E-state index contributed by atoms with van der Waals surface area (Å²) in [5.41, 5.74) is 1.90. The summed E-state index contributed by atoms with van der Waals surface area (Å²) in [6, 6.07) is 3.74. The summed E-state index contributed by atoms with van der Waals surface area (Å²) >= 11 is 1.46. The molecule has 0 aliphatic rings. The first-order valence-electron chi connectivity index (χ1n) is 4.33. The molecule has 0 aliphatic carbocycles. The number of thiophene rings is 1. The van der Waals surface area contributed by atoms with E-state index < -0.39 is 0 Å². The standard InChI is InChI=1S/C11H10O2S/c1-7-3-5-13-10(7)9(12)11-8(2)4-6-14-11/h3-6H,1-2H3. The minimum atomic E-state index is -0.0139. The van der Waals surface area contributed by atoms with Crippen molar-refractivity contribution < 1.29 is 9.21 Å². The Labute approximate surface area is 86.2 Å². The Hall–Kier alpha value is -1.35. The van der Waals surface area contributed by atoms with Crippen molar-refractivity contribution in [1.29, 1.82) is 0 Å². The number of furan rings is 1. The van der Waals surface area contributed by atoms with Gasteiger partial charge in [-0.15, -0.1) is 11.3 Å². The van der Waals surface area contributed by atoms with Crippen LogP contribution in [0.2, 0.25) is 0 Å². The van der Waals surface area contributed by atoms with Gasteiger partial charge in [-0.2, -0.15) is 0 Å². The molecule has 0 aromatic carbocycles. The highest BCUT2D eigenvalue weighted by atomic mass is 32.1. The molecule has 0 N–H and O–H groups in total. The summed E-state index contributed by atoms with van der Waals surface area (Å²) in [6.45, 7) is 3.81. The van der Waals surface area contributed by atoms with Crippen molar-refractivity contribution in [3.63, 3.8) is 0 Å². The highest BCUT2D eigenvalue weighted by Crippen LogP contribution is 2.21. The van der Waals surface area contributed by atoms with Crippen LogP contribution in [-0.2, 0) is 0 Å². The third-order valence-electron chi connectivity index (χ3n) is 2.14. The molecule has 0 saturated heterocycles. The predicted molar refractivity (Wildman–Crippen MR) is 55.9 cm³/mol. The highest BCUT2D eigenvalue weighted by molar-refractivity contribution is 7.12. The lowest BCUT2D eigenvalue weighted by Crippen LogP contribution is -2.00. The van der Waals surface area contributed by atoms with Gasteiger partial charge in [-0.05, 0) is 42.5 Å². The first-order valence-corrected chi connectivity index (χ1v) is 5.21. The van der Waals surface area contributed by atoms with E-state index in [1.807, 2.05) is 25.3 Å². The van der Waals surface area contributed by atoms with Crippen LogP contribution < -0.4 is 0 Å². The fourth-order valence-electron chi connectivity index (χ4n) is 1.31. The van der Waals surface area contributed by atoms with Crippen LogP contribution in [0.3, 0.4) is 0 Å². The van der Waals surface area contributed by atoms with Gasteiger partial charge >= 0.3 is 0 Å². The van der Waals surface area contributed by atoms with Gasteiger partial charge in [0.15, 0.2) is 5.76 Å². The van der Waals surface area contributed by atoms with E-state index in [1.165, 1.54) is 11.3 Å². The van der Waals surface area contributed by atoms with E-state index in [2.05, 4.69) is 0 Å². The maximum absolute atomic E-state index is 11.9. The summed E-state index contributed by atoms with van der Waals surface area (Å²) in [4.78, 5) is 12.7. The van der Waals surface area contributed by atoms with Crippen LogP contribution >= 0.6 is 11.3 Å². The maximum atomic E-state index is 11.9. The predicted octanol–water partition coefficient (Wildman–Crippen LogP) is 3.19. The van der Waals surface area contributed by atoms with Crippen LogP contribution in [0.5, 0.6) is 0 Å². The topological polar surface area (TPSA) is 30.2 Å². The second-order valence-electron chi connectivity index (χ2n) is 3.19. The van der Waals surface area contributed by atoms with Crippen molar-refractivity contribution in [1.82, 2.24) is 0 Å². The Bertz CT molecular complexity index is 423. The van der Waals surface area contributed by atoms with E-state index in [1.54, 1.807) is 12.3 Å². The van der Waals surface area contributed by atoms with E-state index in [9.17, 15) is 4.79 Å². The van der Waals surface area contributed by atoms with Gasteiger partial charge in [0.05, 0.1) is 11.1 Å². The molecule has 0 fully saturated rings. The van der Waals surface area contributed by atoms with Crippen LogP contribution in [0, 0.1) is 13.8 Å². The van der Waals surface area contributed by atoms with E-state index in [0.29, 0.717) is 5.76 Å². The maximum Gasteiger partial charge on any atom is 0.238 e. The van der Waals surface area contributed by atoms with Crippen LogP contribution in [0.15, 0.2) is 28.2 Å². The summed E-state index contributed by atoms with van der Waals surface area (Å²) in [7, 11) is 0. The smallest absolute Gasteiger partial charge is 0.238 e. The third kappa shape index (κ3) is 1.40. The lowest BCUT2D eigenvalue weighted by molar-refractivity contribution is 0.101. The Morgan fingerprint density at radius 2 is 2.07 bits per heavy atom. The van der Waals surface area contributed by atoms with Crippen molar-refractivity contribution >= 4 is 17.1 Å². The van der Waals surface area contributed by atoms with E-state index >= 15 is 0 Å². The number of carbonyl (C=O) groups excluding carboxylic acids is 1. The molecule has 2 nitrogen and oxygen atoms in total. The molecular formula is C11H10O2S. The Kier molecular flexibility index (Phi) is 2.25. The number of aryl methyl sites for hydroxylation is 2. The summed E-state index contributed by atoms with van der Waals surface area (Å²) < 4.78 is 5.16. The van der Waals surface area contributed by atoms with Crippen LogP contribution in [0.4, 0.5) is 0 Å². The second kappa shape index (κ2) is 3.42. The van der Waals surface area contributed by atoms with Crippen molar-refractivity contribution in [3.8, 4) is 0 Å². The molecule has 0 amide bonds. The van der Waals surface area contributed by atoms with E-state index in [-0.39, 0.29) is 5.78 Å². The number of hydrogen-bond acceptors (Lipinski definition) is 3. The van der Waals surface area contributed by atoms with Gasteiger partial charge in [0, 0.05) is 0 Å².